The van der Waals surface area contributed by atoms with Crippen LogP contribution in [0.25, 0.3) is 16.8 Å². The number of H-pyrrole nitrogens is 1. The summed E-state index contributed by atoms with van der Waals surface area (Å²) < 4.78 is 47.5. The quantitative estimate of drug-likeness (QED) is 0.394. The van der Waals surface area contributed by atoms with Gasteiger partial charge < -0.3 is 15.0 Å². The van der Waals surface area contributed by atoms with E-state index in [-0.39, 0.29) is 28.0 Å². The van der Waals surface area contributed by atoms with Crippen molar-refractivity contribution in [3.8, 4) is 16.9 Å². The standard InChI is InChI=1S/C22H16BrF3N4O3/c1-11-15(20(31)28-13-9-6-10-14(33-2)17(13)23)21(32)30-19(27-11)16(12-7-4-3-5-8-12)18(29-30)22(24,25)26/h3-10,27H,1-2H3,(H,28,31). The number of nitrogens with zero attached hydrogens (tertiary/aromatic N) is 2. The molecule has 0 aliphatic carbocycles. The lowest BCUT2D eigenvalue weighted by Crippen LogP contribution is -2.29. The predicted octanol–water partition coefficient (Wildman–Crippen LogP) is 5.04. The van der Waals surface area contributed by atoms with Crippen LogP contribution >= 0.6 is 15.9 Å². The maximum atomic E-state index is 13.8. The molecule has 2 N–H and O–H groups in total. The van der Waals surface area contributed by atoms with Crippen molar-refractivity contribution in [2.45, 2.75) is 13.1 Å². The molecule has 1 amide bonds. The monoisotopic (exact) mass is 520 g/mol. The summed E-state index contributed by atoms with van der Waals surface area (Å²) in [6, 6.07) is 12.7. The highest BCUT2D eigenvalue weighted by molar-refractivity contribution is 9.10. The third-order valence-corrected chi connectivity index (χ3v) is 5.78. The van der Waals surface area contributed by atoms with Crippen molar-refractivity contribution in [1.29, 1.82) is 0 Å². The molecule has 33 heavy (non-hydrogen) atoms. The van der Waals surface area contributed by atoms with Gasteiger partial charge in [0.1, 0.15) is 17.0 Å². The summed E-state index contributed by atoms with van der Waals surface area (Å²) >= 11 is 3.31. The van der Waals surface area contributed by atoms with E-state index in [9.17, 15) is 22.8 Å². The number of methoxy groups -OCH3 is 1. The van der Waals surface area contributed by atoms with Gasteiger partial charge in [-0.2, -0.15) is 22.8 Å². The van der Waals surface area contributed by atoms with Gasteiger partial charge in [-0.25, -0.2) is 0 Å². The zero-order valence-electron chi connectivity index (χ0n) is 17.2. The fourth-order valence-electron chi connectivity index (χ4n) is 3.48. The predicted molar refractivity (Wildman–Crippen MR) is 120 cm³/mol. The van der Waals surface area contributed by atoms with Crippen molar-refractivity contribution in [3.63, 3.8) is 0 Å². The molecule has 0 saturated heterocycles. The smallest absolute Gasteiger partial charge is 0.435 e. The number of carbonyl (C=O) groups is 1. The van der Waals surface area contributed by atoms with Crippen LogP contribution in [0, 0.1) is 6.92 Å². The van der Waals surface area contributed by atoms with Crippen molar-refractivity contribution in [2.24, 2.45) is 0 Å². The summed E-state index contributed by atoms with van der Waals surface area (Å²) in [4.78, 5) is 28.8. The number of anilines is 1. The number of aromatic amines is 1. The van der Waals surface area contributed by atoms with Crippen LogP contribution in [0.15, 0.2) is 57.8 Å². The second kappa shape index (κ2) is 8.39. The van der Waals surface area contributed by atoms with Crippen LogP contribution in [0.5, 0.6) is 5.75 Å². The number of hydrogen-bond acceptors (Lipinski definition) is 4. The van der Waals surface area contributed by atoms with Crippen LogP contribution in [0.3, 0.4) is 0 Å². The number of carbonyl (C=O) groups excluding carboxylic acids is 1. The fourth-order valence-corrected chi connectivity index (χ4v) is 4.01. The second-order valence-corrected chi connectivity index (χ2v) is 7.85. The van der Waals surface area contributed by atoms with E-state index in [0.717, 1.165) is 0 Å². The second-order valence-electron chi connectivity index (χ2n) is 7.05. The molecule has 0 bridgehead atoms. The van der Waals surface area contributed by atoms with E-state index in [1.54, 1.807) is 36.4 Å². The number of benzene rings is 2. The molecule has 0 saturated carbocycles. The average Bonchev–Trinajstić information content (AvgIpc) is 3.16. The number of amides is 1. The van der Waals surface area contributed by atoms with E-state index < -0.39 is 23.3 Å². The SMILES string of the molecule is COc1cccc(NC(=O)c2c(C)[nH]c3c(-c4ccccc4)c(C(F)(F)F)nn3c2=O)c1Br. The van der Waals surface area contributed by atoms with Crippen LogP contribution in [-0.4, -0.2) is 27.6 Å². The molecule has 4 aromatic rings. The van der Waals surface area contributed by atoms with Gasteiger partial charge in [-0.3, -0.25) is 9.59 Å². The van der Waals surface area contributed by atoms with Crippen LogP contribution < -0.4 is 15.6 Å². The summed E-state index contributed by atoms with van der Waals surface area (Å²) in [5.74, 6) is -0.363. The first kappa shape index (κ1) is 22.6. The summed E-state index contributed by atoms with van der Waals surface area (Å²) in [6.45, 7) is 1.44. The van der Waals surface area contributed by atoms with E-state index in [1.807, 2.05) is 0 Å². The third kappa shape index (κ3) is 3.99. The highest BCUT2D eigenvalue weighted by Crippen LogP contribution is 2.38. The van der Waals surface area contributed by atoms with Crippen molar-refractivity contribution in [2.75, 3.05) is 12.4 Å². The highest BCUT2D eigenvalue weighted by Gasteiger charge is 2.39. The van der Waals surface area contributed by atoms with Crippen LogP contribution in [0.4, 0.5) is 18.9 Å². The molecule has 0 unspecified atom stereocenters. The Balaban J connectivity index is 1.89. The van der Waals surface area contributed by atoms with E-state index in [2.05, 4.69) is 31.3 Å². The fraction of sp³-hybridized carbons (Fsp3) is 0.136. The minimum atomic E-state index is -4.82. The Morgan fingerprint density at radius 3 is 2.48 bits per heavy atom. The molecular weight excluding hydrogens is 505 g/mol. The lowest BCUT2D eigenvalue weighted by atomic mass is 10.1. The molecule has 11 heteroatoms. The summed E-state index contributed by atoms with van der Waals surface area (Å²) in [5, 5.41) is 6.12. The topological polar surface area (TPSA) is 88.5 Å². The number of aromatic nitrogens is 3. The molecule has 2 heterocycles. The minimum absolute atomic E-state index is 0.0924. The lowest BCUT2D eigenvalue weighted by molar-refractivity contribution is -0.140. The van der Waals surface area contributed by atoms with Gasteiger partial charge in [0.25, 0.3) is 11.5 Å². The van der Waals surface area contributed by atoms with Crippen molar-refractivity contribution < 1.29 is 22.7 Å². The van der Waals surface area contributed by atoms with Crippen molar-refractivity contribution in [3.05, 3.63) is 80.3 Å². The zero-order chi connectivity index (χ0) is 23.9. The Hall–Kier alpha value is -3.60. The van der Waals surface area contributed by atoms with Gasteiger partial charge in [-0.05, 0) is 40.5 Å². The van der Waals surface area contributed by atoms with Gasteiger partial charge in [0, 0.05) is 5.69 Å². The molecule has 0 aliphatic heterocycles. The molecule has 2 aromatic carbocycles. The number of nitrogens with one attached hydrogen (secondary N) is 2. The Bertz CT molecular complexity index is 1430. The Kier molecular flexibility index (Phi) is 5.75. The van der Waals surface area contributed by atoms with Crippen LogP contribution in [0.1, 0.15) is 21.7 Å². The Morgan fingerprint density at radius 2 is 1.85 bits per heavy atom. The first-order valence-electron chi connectivity index (χ1n) is 9.55. The van der Waals surface area contributed by atoms with Crippen molar-refractivity contribution >= 4 is 33.2 Å². The van der Waals surface area contributed by atoms with Gasteiger partial charge in [0.2, 0.25) is 0 Å². The van der Waals surface area contributed by atoms with Gasteiger partial charge >= 0.3 is 6.18 Å². The lowest BCUT2D eigenvalue weighted by Gasteiger charge is -2.12. The summed E-state index contributed by atoms with van der Waals surface area (Å²) in [5.41, 5.74) is -2.36. The number of halogens is 4. The molecule has 0 atom stereocenters. The maximum absolute atomic E-state index is 13.8. The average molecular weight is 521 g/mol. The molecule has 7 nitrogen and oxygen atoms in total. The Morgan fingerprint density at radius 1 is 1.15 bits per heavy atom. The summed E-state index contributed by atoms with van der Waals surface area (Å²) in [6.07, 6.45) is -4.82. The first-order valence-corrected chi connectivity index (χ1v) is 10.3. The molecule has 0 fully saturated rings. The number of ether oxygens (including phenoxy) is 1. The molecule has 4 rings (SSSR count). The molecule has 2 aromatic heterocycles. The van der Waals surface area contributed by atoms with Crippen LogP contribution in [0.2, 0.25) is 0 Å². The number of rotatable bonds is 4. The van der Waals surface area contributed by atoms with Gasteiger partial charge in [-0.1, -0.05) is 36.4 Å². The molecular formula is C22H16BrF3N4O3. The highest BCUT2D eigenvalue weighted by atomic mass is 79.9. The number of hydrogen-bond donors (Lipinski definition) is 2. The molecule has 170 valence electrons. The van der Waals surface area contributed by atoms with Crippen molar-refractivity contribution in [1.82, 2.24) is 14.6 Å². The molecule has 0 spiro atoms. The number of fused-ring (bicyclic) bond motifs is 1. The zero-order valence-corrected chi connectivity index (χ0v) is 18.8. The number of aryl methyl sites for hydroxylation is 1. The molecule has 0 aliphatic rings. The van der Waals surface area contributed by atoms with E-state index in [0.29, 0.717) is 20.4 Å². The van der Waals surface area contributed by atoms with E-state index in [4.69, 9.17) is 4.74 Å². The largest absolute Gasteiger partial charge is 0.495 e. The van der Waals surface area contributed by atoms with Gasteiger partial charge in [0.15, 0.2) is 5.69 Å². The minimum Gasteiger partial charge on any atom is -0.495 e. The third-order valence-electron chi connectivity index (χ3n) is 4.96. The van der Waals surface area contributed by atoms with Gasteiger partial charge in [0.05, 0.1) is 22.8 Å². The molecule has 0 radical (unpaired) electrons. The first-order chi connectivity index (χ1) is 15.6. The normalized spacial score (nSPS) is 11.6. The van der Waals surface area contributed by atoms with Gasteiger partial charge in [-0.15, -0.1) is 0 Å². The van der Waals surface area contributed by atoms with E-state index >= 15 is 0 Å². The number of alkyl halides is 3. The summed E-state index contributed by atoms with van der Waals surface area (Å²) in [7, 11) is 1.45. The van der Waals surface area contributed by atoms with Crippen LogP contribution in [-0.2, 0) is 6.18 Å². The maximum Gasteiger partial charge on any atom is 0.435 e. The van der Waals surface area contributed by atoms with E-state index in [1.165, 1.54) is 26.2 Å². The Labute approximate surface area is 193 Å².